The lowest BCUT2D eigenvalue weighted by molar-refractivity contribution is 0.238. The first-order valence-corrected chi connectivity index (χ1v) is 6.00. The van der Waals surface area contributed by atoms with Gasteiger partial charge in [-0.15, -0.1) is 0 Å². The van der Waals surface area contributed by atoms with Crippen molar-refractivity contribution in [2.45, 2.75) is 26.2 Å². The Hall–Kier alpha value is -1.16. The first-order chi connectivity index (χ1) is 7.83. The zero-order valence-corrected chi connectivity index (χ0v) is 9.76. The Morgan fingerprint density at radius 3 is 3.06 bits per heavy atom. The van der Waals surface area contributed by atoms with Crippen LogP contribution in [0.5, 0.6) is 0 Å². The second-order valence-electron chi connectivity index (χ2n) is 4.40. The van der Waals surface area contributed by atoms with Crippen LogP contribution >= 0.6 is 0 Å². The van der Waals surface area contributed by atoms with Crippen molar-refractivity contribution in [2.24, 2.45) is 5.92 Å². The molecule has 1 N–H and O–H groups in total. The van der Waals surface area contributed by atoms with Crippen molar-refractivity contribution >= 4 is 5.82 Å². The van der Waals surface area contributed by atoms with Crippen LogP contribution in [0.15, 0.2) is 12.4 Å². The average Bonchev–Trinajstić information content (AvgIpc) is 2.78. The second-order valence-corrected chi connectivity index (χ2v) is 4.40. The fraction of sp³-hybridized carbons (Fsp3) is 0.667. The molecule has 1 atom stereocenters. The van der Waals surface area contributed by atoms with Gasteiger partial charge in [0.15, 0.2) is 0 Å². The van der Waals surface area contributed by atoms with Crippen LogP contribution in [-0.2, 0) is 6.42 Å². The predicted molar refractivity (Wildman–Crippen MR) is 63.4 cm³/mol. The van der Waals surface area contributed by atoms with E-state index in [0.717, 1.165) is 43.9 Å². The molecule has 88 valence electrons. The van der Waals surface area contributed by atoms with Gasteiger partial charge in [0, 0.05) is 37.4 Å². The monoisotopic (exact) mass is 221 g/mol. The van der Waals surface area contributed by atoms with Crippen LogP contribution in [0.25, 0.3) is 0 Å². The van der Waals surface area contributed by atoms with E-state index >= 15 is 0 Å². The molecule has 2 heterocycles. The van der Waals surface area contributed by atoms with Crippen LogP contribution in [0.2, 0.25) is 0 Å². The summed E-state index contributed by atoms with van der Waals surface area (Å²) in [4.78, 5) is 10.8. The molecule has 1 saturated heterocycles. The lowest BCUT2D eigenvalue weighted by Crippen LogP contribution is -2.22. The first-order valence-electron chi connectivity index (χ1n) is 6.00. The van der Waals surface area contributed by atoms with E-state index in [1.54, 1.807) is 6.33 Å². The highest BCUT2D eigenvalue weighted by Gasteiger charge is 2.22. The molecule has 16 heavy (non-hydrogen) atoms. The molecule has 1 aliphatic heterocycles. The van der Waals surface area contributed by atoms with Crippen molar-refractivity contribution in [3.05, 3.63) is 18.1 Å². The number of rotatable bonds is 4. The minimum Gasteiger partial charge on any atom is -0.396 e. The highest BCUT2D eigenvalue weighted by atomic mass is 16.3. The number of nitrogens with zero attached hydrogens (tertiary/aromatic N) is 3. The van der Waals surface area contributed by atoms with E-state index in [2.05, 4.69) is 27.9 Å². The van der Waals surface area contributed by atoms with Crippen LogP contribution in [0.4, 0.5) is 5.82 Å². The van der Waals surface area contributed by atoms with Gasteiger partial charge in [-0.1, -0.05) is 13.3 Å². The van der Waals surface area contributed by atoms with Crippen LogP contribution in [-0.4, -0.2) is 34.8 Å². The molecule has 0 radical (unpaired) electrons. The number of aliphatic hydroxyl groups is 1. The van der Waals surface area contributed by atoms with E-state index in [9.17, 15) is 0 Å². The highest BCUT2D eigenvalue weighted by Crippen LogP contribution is 2.21. The third-order valence-corrected chi connectivity index (χ3v) is 3.08. The van der Waals surface area contributed by atoms with Gasteiger partial charge in [0.25, 0.3) is 0 Å². The standard InChI is InChI=1S/C12H19N3O/c1-2-3-11-6-12(14-9-13-11)15-5-4-10(7-15)8-16/h6,9-10,16H,2-5,7-8H2,1H3. The third-order valence-electron chi connectivity index (χ3n) is 3.08. The smallest absolute Gasteiger partial charge is 0.132 e. The lowest BCUT2D eigenvalue weighted by atomic mass is 10.1. The number of hydrogen-bond donors (Lipinski definition) is 1. The van der Waals surface area contributed by atoms with Crippen LogP contribution in [0.1, 0.15) is 25.5 Å². The lowest BCUT2D eigenvalue weighted by Gasteiger charge is -2.17. The van der Waals surface area contributed by atoms with E-state index in [-0.39, 0.29) is 6.61 Å². The zero-order chi connectivity index (χ0) is 11.4. The minimum absolute atomic E-state index is 0.281. The number of aryl methyl sites for hydroxylation is 1. The molecular formula is C12H19N3O. The van der Waals surface area contributed by atoms with Crippen LogP contribution in [0.3, 0.4) is 0 Å². The Bertz CT molecular complexity index is 343. The van der Waals surface area contributed by atoms with E-state index < -0.39 is 0 Å². The summed E-state index contributed by atoms with van der Waals surface area (Å²) >= 11 is 0. The maximum Gasteiger partial charge on any atom is 0.132 e. The molecule has 1 aromatic heterocycles. The number of aliphatic hydroxyl groups excluding tert-OH is 1. The number of anilines is 1. The highest BCUT2D eigenvalue weighted by molar-refractivity contribution is 5.40. The van der Waals surface area contributed by atoms with Crippen LogP contribution in [0, 0.1) is 5.92 Å². The summed E-state index contributed by atoms with van der Waals surface area (Å²) < 4.78 is 0. The fourth-order valence-electron chi connectivity index (χ4n) is 2.14. The predicted octanol–water partition coefficient (Wildman–Crippen LogP) is 1.25. The van der Waals surface area contributed by atoms with Gasteiger partial charge < -0.3 is 10.0 Å². The molecule has 1 aliphatic rings. The molecule has 1 aromatic rings. The summed E-state index contributed by atoms with van der Waals surface area (Å²) in [5.41, 5.74) is 1.11. The molecule has 1 fully saturated rings. The van der Waals surface area contributed by atoms with Gasteiger partial charge in [-0.2, -0.15) is 0 Å². The third kappa shape index (κ3) is 2.50. The van der Waals surface area contributed by atoms with E-state index in [1.165, 1.54) is 0 Å². The minimum atomic E-state index is 0.281. The van der Waals surface area contributed by atoms with Gasteiger partial charge in [0.05, 0.1) is 0 Å². The van der Waals surface area contributed by atoms with E-state index in [4.69, 9.17) is 5.11 Å². The molecule has 1 unspecified atom stereocenters. The van der Waals surface area contributed by atoms with E-state index in [1.807, 2.05) is 0 Å². The van der Waals surface area contributed by atoms with Gasteiger partial charge in [0.2, 0.25) is 0 Å². The maximum absolute atomic E-state index is 9.11. The Balaban J connectivity index is 2.06. The van der Waals surface area contributed by atoms with Gasteiger partial charge >= 0.3 is 0 Å². The molecule has 0 bridgehead atoms. The molecule has 0 aliphatic carbocycles. The topological polar surface area (TPSA) is 49.2 Å². The SMILES string of the molecule is CCCc1cc(N2CCC(CO)C2)ncn1. The van der Waals surface area contributed by atoms with Crippen molar-refractivity contribution in [2.75, 3.05) is 24.6 Å². The Labute approximate surface area is 96.3 Å². The summed E-state index contributed by atoms with van der Waals surface area (Å²) in [6, 6.07) is 2.07. The summed E-state index contributed by atoms with van der Waals surface area (Å²) in [5, 5.41) is 9.11. The maximum atomic E-state index is 9.11. The van der Waals surface area contributed by atoms with Gasteiger partial charge in [-0.05, 0) is 12.8 Å². The zero-order valence-electron chi connectivity index (χ0n) is 9.76. The van der Waals surface area contributed by atoms with Gasteiger partial charge in [-0.3, -0.25) is 0 Å². The Morgan fingerprint density at radius 1 is 1.50 bits per heavy atom. The van der Waals surface area contributed by atoms with Crippen molar-refractivity contribution in [3.63, 3.8) is 0 Å². The van der Waals surface area contributed by atoms with E-state index in [0.29, 0.717) is 5.92 Å². The Morgan fingerprint density at radius 2 is 2.38 bits per heavy atom. The fourth-order valence-corrected chi connectivity index (χ4v) is 2.14. The summed E-state index contributed by atoms with van der Waals surface area (Å²) in [6.45, 7) is 4.34. The van der Waals surface area contributed by atoms with Gasteiger partial charge in [0.1, 0.15) is 12.1 Å². The molecule has 0 saturated carbocycles. The molecule has 4 nitrogen and oxygen atoms in total. The van der Waals surface area contributed by atoms with Crippen molar-refractivity contribution in [3.8, 4) is 0 Å². The molecule has 0 aromatic carbocycles. The van der Waals surface area contributed by atoms with Crippen molar-refractivity contribution < 1.29 is 5.11 Å². The molecular weight excluding hydrogens is 202 g/mol. The second kappa shape index (κ2) is 5.25. The van der Waals surface area contributed by atoms with Crippen molar-refractivity contribution in [1.29, 1.82) is 0 Å². The largest absolute Gasteiger partial charge is 0.396 e. The molecule has 2 rings (SSSR count). The molecule has 4 heteroatoms. The van der Waals surface area contributed by atoms with Crippen LogP contribution < -0.4 is 4.90 Å². The Kier molecular flexibility index (Phi) is 3.72. The van der Waals surface area contributed by atoms with Gasteiger partial charge in [-0.25, -0.2) is 9.97 Å². The molecule has 0 amide bonds. The normalized spacial score (nSPS) is 20.4. The summed E-state index contributed by atoms with van der Waals surface area (Å²) in [7, 11) is 0. The first kappa shape index (κ1) is 11.3. The summed E-state index contributed by atoms with van der Waals surface area (Å²) in [5.74, 6) is 1.42. The van der Waals surface area contributed by atoms with Crippen molar-refractivity contribution in [1.82, 2.24) is 9.97 Å². The average molecular weight is 221 g/mol. The molecule has 0 spiro atoms. The summed E-state index contributed by atoms with van der Waals surface area (Å²) in [6.07, 6.45) is 4.82. The quantitative estimate of drug-likeness (QED) is 0.831. The number of aromatic nitrogens is 2. The number of hydrogen-bond acceptors (Lipinski definition) is 4.